The van der Waals surface area contributed by atoms with Gasteiger partial charge in [-0.1, -0.05) is 53.2 Å². The van der Waals surface area contributed by atoms with E-state index in [-0.39, 0.29) is 11.0 Å². The van der Waals surface area contributed by atoms with Gasteiger partial charge in [0.05, 0.1) is 20.9 Å². The van der Waals surface area contributed by atoms with Gasteiger partial charge < -0.3 is 4.98 Å². The average molecular weight is 418 g/mol. The number of ketones is 1. The normalized spacial score (nSPS) is 12.4. The van der Waals surface area contributed by atoms with E-state index in [0.29, 0.717) is 32.2 Å². The van der Waals surface area contributed by atoms with Crippen LogP contribution in [-0.4, -0.2) is 36.2 Å². The molecular weight excluding hydrogens is 405 g/mol. The SMILES string of the molecule is C[C@@H](Sc1nc(-c2c(Cl)cncc2Cl)n[nH]1)C(=O)c1c[nH]c2ccccc12. The number of aromatic amines is 2. The molecule has 0 aliphatic carbocycles. The summed E-state index contributed by atoms with van der Waals surface area (Å²) in [6.45, 7) is 1.84. The summed E-state index contributed by atoms with van der Waals surface area (Å²) in [5, 5.41) is 8.78. The van der Waals surface area contributed by atoms with Gasteiger partial charge in [0.15, 0.2) is 16.8 Å². The van der Waals surface area contributed by atoms with Gasteiger partial charge in [-0.2, -0.15) is 5.10 Å². The minimum absolute atomic E-state index is 0.00961. The molecule has 27 heavy (non-hydrogen) atoms. The van der Waals surface area contributed by atoms with Crippen molar-refractivity contribution in [1.29, 1.82) is 0 Å². The molecule has 0 saturated carbocycles. The number of Topliss-reactive ketones (excluding diaryl/α,β-unsaturated/α-hetero) is 1. The summed E-state index contributed by atoms with van der Waals surface area (Å²) in [7, 11) is 0. The van der Waals surface area contributed by atoms with Crippen LogP contribution in [-0.2, 0) is 0 Å². The van der Waals surface area contributed by atoms with E-state index in [1.165, 1.54) is 24.2 Å². The van der Waals surface area contributed by atoms with Gasteiger partial charge in [-0.25, -0.2) is 4.98 Å². The minimum Gasteiger partial charge on any atom is -0.360 e. The molecule has 4 aromatic rings. The second-order valence-electron chi connectivity index (χ2n) is 5.81. The summed E-state index contributed by atoms with van der Waals surface area (Å²) in [5.74, 6) is 0.372. The predicted molar refractivity (Wildman–Crippen MR) is 108 cm³/mol. The van der Waals surface area contributed by atoms with Crippen molar-refractivity contribution < 1.29 is 4.79 Å². The number of carbonyl (C=O) groups is 1. The van der Waals surface area contributed by atoms with Crippen LogP contribution in [0.1, 0.15) is 17.3 Å². The van der Waals surface area contributed by atoms with Gasteiger partial charge in [0.25, 0.3) is 0 Å². The lowest BCUT2D eigenvalue weighted by Gasteiger charge is -2.07. The number of hydrogen-bond donors (Lipinski definition) is 2. The maximum Gasteiger partial charge on any atom is 0.185 e. The molecule has 0 spiro atoms. The van der Waals surface area contributed by atoms with Gasteiger partial charge in [-0.3, -0.25) is 14.9 Å². The van der Waals surface area contributed by atoms with Crippen molar-refractivity contribution in [3.63, 3.8) is 0 Å². The molecule has 0 saturated heterocycles. The zero-order chi connectivity index (χ0) is 19.0. The Balaban J connectivity index is 1.56. The first kappa shape index (κ1) is 18.0. The number of thioether (sulfide) groups is 1. The van der Waals surface area contributed by atoms with E-state index in [2.05, 4.69) is 25.1 Å². The number of rotatable bonds is 5. The summed E-state index contributed by atoms with van der Waals surface area (Å²) in [4.78, 5) is 24.3. The van der Waals surface area contributed by atoms with Crippen LogP contribution in [0.25, 0.3) is 22.3 Å². The average Bonchev–Trinajstić information content (AvgIpc) is 3.28. The minimum atomic E-state index is -0.353. The lowest BCUT2D eigenvalue weighted by molar-refractivity contribution is 0.0995. The van der Waals surface area contributed by atoms with E-state index in [0.717, 1.165) is 10.9 Å². The third-order valence-corrected chi connectivity index (χ3v) is 5.60. The summed E-state index contributed by atoms with van der Waals surface area (Å²) < 4.78 is 0. The van der Waals surface area contributed by atoms with E-state index in [9.17, 15) is 4.79 Å². The fraction of sp³-hybridized carbons (Fsp3) is 0.111. The number of aromatic nitrogens is 5. The summed E-state index contributed by atoms with van der Waals surface area (Å²) >= 11 is 13.6. The fourth-order valence-corrected chi connectivity index (χ4v) is 4.09. The Morgan fingerprint density at radius 2 is 1.93 bits per heavy atom. The van der Waals surface area contributed by atoms with Crippen molar-refractivity contribution >= 4 is 51.6 Å². The first-order valence-corrected chi connectivity index (χ1v) is 9.67. The molecule has 3 aromatic heterocycles. The van der Waals surface area contributed by atoms with Crippen LogP contribution in [0, 0.1) is 0 Å². The predicted octanol–water partition coefficient (Wildman–Crippen LogP) is 5.02. The van der Waals surface area contributed by atoms with Crippen LogP contribution < -0.4 is 0 Å². The molecular formula is C18H13Cl2N5OS. The molecule has 9 heteroatoms. The molecule has 136 valence electrons. The van der Waals surface area contributed by atoms with Crippen molar-refractivity contribution in [2.24, 2.45) is 0 Å². The van der Waals surface area contributed by atoms with Crippen LogP contribution >= 0.6 is 35.0 Å². The number of para-hydroxylation sites is 1. The zero-order valence-electron chi connectivity index (χ0n) is 14.0. The number of carbonyl (C=O) groups excluding carboxylic acids is 1. The molecule has 0 fully saturated rings. The van der Waals surface area contributed by atoms with Crippen LogP contribution in [0.2, 0.25) is 10.0 Å². The molecule has 0 amide bonds. The van der Waals surface area contributed by atoms with Crippen molar-refractivity contribution in [3.05, 3.63) is 58.5 Å². The molecule has 6 nitrogen and oxygen atoms in total. The van der Waals surface area contributed by atoms with E-state index in [1.54, 1.807) is 6.20 Å². The van der Waals surface area contributed by atoms with Crippen molar-refractivity contribution in [2.75, 3.05) is 0 Å². The van der Waals surface area contributed by atoms with Gasteiger partial charge >= 0.3 is 0 Å². The van der Waals surface area contributed by atoms with Crippen LogP contribution in [0.3, 0.4) is 0 Å². The van der Waals surface area contributed by atoms with Gasteiger partial charge in [0, 0.05) is 35.1 Å². The third kappa shape index (κ3) is 3.45. The summed E-state index contributed by atoms with van der Waals surface area (Å²) in [6, 6.07) is 7.71. The second-order valence-corrected chi connectivity index (χ2v) is 7.96. The highest BCUT2D eigenvalue weighted by Crippen LogP contribution is 2.33. The molecule has 0 aliphatic heterocycles. The number of nitrogens with one attached hydrogen (secondary N) is 2. The number of H-pyrrole nitrogens is 2. The number of nitrogens with zero attached hydrogens (tertiary/aromatic N) is 3. The topological polar surface area (TPSA) is 87.3 Å². The quantitative estimate of drug-likeness (QED) is 0.351. The monoisotopic (exact) mass is 417 g/mol. The Morgan fingerprint density at radius 3 is 2.70 bits per heavy atom. The Kier molecular flexibility index (Phi) is 4.90. The highest BCUT2D eigenvalue weighted by atomic mass is 35.5. The number of fused-ring (bicyclic) bond motifs is 1. The van der Waals surface area contributed by atoms with Gasteiger partial charge in [0.1, 0.15) is 0 Å². The van der Waals surface area contributed by atoms with E-state index in [4.69, 9.17) is 23.2 Å². The number of hydrogen-bond acceptors (Lipinski definition) is 5. The summed E-state index contributed by atoms with van der Waals surface area (Å²) in [6.07, 6.45) is 4.70. The van der Waals surface area contributed by atoms with Crippen molar-refractivity contribution in [3.8, 4) is 11.4 Å². The van der Waals surface area contributed by atoms with Gasteiger partial charge in [-0.15, -0.1) is 0 Å². The second kappa shape index (κ2) is 7.34. The van der Waals surface area contributed by atoms with Crippen LogP contribution in [0.15, 0.2) is 48.0 Å². The molecule has 3 heterocycles. The maximum atomic E-state index is 12.9. The largest absolute Gasteiger partial charge is 0.360 e. The Hall–Kier alpha value is -2.35. The molecule has 0 aliphatic rings. The number of benzene rings is 1. The number of pyridine rings is 1. The zero-order valence-corrected chi connectivity index (χ0v) is 16.4. The standard InChI is InChI=1S/C18H13Cl2N5OS/c1-9(16(26)11-6-22-14-5-3-2-4-10(11)14)27-18-23-17(24-25-18)15-12(19)7-21-8-13(15)20/h2-9,22H,1H3,(H,23,24,25)/t9-/m1/s1. The molecule has 1 atom stereocenters. The van der Waals surface area contributed by atoms with Gasteiger partial charge in [0.2, 0.25) is 0 Å². The molecule has 0 bridgehead atoms. The molecule has 4 rings (SSSR count). The highest BCUT2D eigenvalue weighted by Gasteiger charge is 2.22. The highest BCUT2D eigenvalue weighted by molar-refractivity contribution is 8.00. The fourth-order valence-electron chi connectivity index (χ4n) is 2.75. The molecule has 1 aromatic carbocycles. The number of halogens is 2. The van der Waals surface area contributed by atoms with Crippen molar-refractivity contribution in [1.82, 2.24) is 25.1 Å². The third-order valence-electron chi connectivity index (χ3n) is 4.05. The van der Waals surface area contributed by atoms with Crippen LogP contribution in [0.4, 0.5) is 0 Å². The Labute approximate surface area is 168 Å². The molecule has 2 N–H and O–H groups in total. The van der Waals surface area contributed by atoms with E-state index >= 15 is 0 Å². The first-order chi connectivity index (χ1) is 13.0. The Morgan fingerprint density at radius 1 is 1.19 bits per heavy atom. The smallest absolute Gasteiger partial charge is 0.185 e. The van der Waals surface area contributed by atoms with Gasteiger partial charge in [-0.05, 0) is 13.0 Å². The molecule has 0 radical (unpaired) electrons. The first-order valence-electron chi connectivity index (χ1n) is 8.03. The molecule has 0 unspecified atom stereocenters. The van der Waals surface area contributed by atoms with E-state index in [1.807, 2.05) is 31.2 Å². The lowest BCUT2D eigenvalue weighted by Crippen LogP contribution is -2.13. The van der Waals surface area contributed by atoms with E-state index < -0.39 is 0 Å². The maximum absolute atomic E-state index is 12.9. The van der Waals surface area contributed by atoms with Crippen LogP contribution in [0.5, 0.6) is 0 Å². The Bertz CT molecular complexity index is 1120. The summed E-state index contributed by atoms with van der Waals surface area (Å²) in [5.41, 5.74) is 2.10. The lowest BCUT2D eigenvalue weighted by atomic mass is 10.1. The van der Waals surface area contributed by atoms with Crippen molar-refractivity contribution in [2.45, 2.75) is 17.3 Å².